The average molecular weight is 366 g/mol. The number of carbonyl (C=O) groups excluding carboxylic acids is 1. The van der Waals surface area contributed by atoms with Crippen molar-refractivity contribution < 1.29 is 4.79 Å². The smallest absolute Gasteiger partial charge is 0.256 e. The van der Waals surface area contributed by atoms with Crippen molar-refractivity contribution in [2.24, 2.45) is 0 Å². The molecular weight excluding hydrogens is 342 g/mol. The van der Waals surface area contributed by atoms with Crippen LogP contribution in [-0.2, 0) is 6.54 Å². The highest BCUT2D eigenvalue weighted by molar-refractivity contribution is 7.09. The maximum absolute atomic E-state index is 13.2. The summed E-state index contributed by atoms with van der Waals surface area (Å²) in [7, 11) is 1.85. The van der Waals surface area contributed by atoms with Crippen molar-refractivity contribution in [3.63, 3.8) is 0 Å². The SMILES string of the molecule is CCC(c1ccccn1)N(C)C(=O)c1ccccc1NCc1cccs1. The van der Waals surface area contributed by atoms with Gasteiger partial charge in [-0.3, -0.25) is 9.78 Å². The first kappa shape index (κ1) is 18.1. The van der Waals surface area contributed by atoms with Gasteiger partial charge in [0.2, 0.25) is 0 Å². The van der Waals surface area contributed by atoms with E-state index in [0.717, 1.165) is 17.8 Å². The fraction of sp³-hybridized carbons (Fsp3) is 0.238. The van der Waals surface area contributed by atoms with Crippen LogP contribution in [0.15, 0.2) is 66.2 Å². The first-order valence-corrected chi connectivity index (χ1v) is 9.62. The summed E-state index contributed by atoms with van der Waals surface area (Å²) < 4.78 is 0. The van der Waals surface area contributed by atoms with E-state index in [1.54, 1.807) is 22.4 Å². The van der Waals surface area contributed by atoms with E-state index in [9.17, 15) is 4.79 Å². The molecule has 1 atom stereocenters. The number of rotatable bonds is 7. The monoisotopic (exact) mass is 365 g/mol. The number of benzene rings is 1. The van der Waals surface area contributed by atoms with Crippen LogP contribution in [0.25, 0.3) is 0 Å². The molecule has 0 aliphatic heterocycles. The maximum atomic E-state index is 13.2. The molecule has 26 heavy (non-hydrogen) atoms. The van der Waals surface area contributed by atoms with Crippen molar-refractivity contribution in [1.29, 1.82) is 0 Å². The van der Waals surface area contributed by atoms with Gasteiger partial charge >= 0.3 is 0 Å². The second-order valence-corrected chi connectivity index (χ2v) is 7.11. The molecule has 2 aromatic heterocycles. The Bertz CT molecular complexity index is 833. The molecule has 5 heteroatoms. The van der Waals surface area contributed by atoms with Gasteiger partial charge < -0.3 is 10.2 Å². The highest BCUT2D eigenvalue weighted by Gasteiger charge is 2.23. The third-order valence-corrected chi connectivity index (χ3v) is 5.27. The summed E-state index contributed by atoms with van der Waals surface area (Å²) in [5.41, 5.74) is 2.45. The number of aromatic nitrogens is 1. The molecular formula is C21H23N3OS. The van der Waals surface area contributed by atoms with Crippen LogP contribution < -0.4 is 5.32 Å². The molecule has 4 nitrogen and oxygen atoms in total. The average Bonchev–Trinajstić information content (AvgIpc) is 3.21. The molecule has 1 unspecified atom stereocenters. The quantitative estimate of drug-likeness (QED) is 0.642. The Morgan fingerprint density at radius 2 is 1.96 bits per heavy atom. The Hall–Kier alpha value is -2.66. The lowest BCUT2D eigenvalue weighted by Gasteiger charge is -2.27. The van der Waals surface area contributed by atoms with Gasteiger partial charge in [0.1, 0.15) is 0 Å². The largest absolute Gasteiger partial charge is 0.380 e. The lowest BCUT2D eigenvalue weighted by atomic mass is 10.1. The molecule has 0 bridgehead atoms. The van der Waals surface area contributed by atoms with Gasteiger partial charge in [0.05, 0.1) is 17.3 Å². The zero-order chi connectivity index (χ0) is 18.4. The Labute approximate surface area is 158 Å². The molecule has 3 rings (SSSR count). The second-order valence-electron chi connectivity index (χ2n) is 6.07. The van der Waals surface area contributed by atoms with E-state index in [1.807, 2.05) is 55.6 Å². The summed E-state index contributed by atoms with van der Waals surface area (Å²) in [5.74, 6) is -0.00298. The predicted octanol–water partition coefficient (Wildman–Crippen LogP) is 4.98. The van der Waals surface area contributed by atoms with Crippen LogP contribution in [0.2, 0.25) is 0 Å². The van der Waals surface area contributed by atoms with Crippen molar-refractivity contribution in [1.82, 2.24) is 9.88 Å². The number of amides is 1. The topological polar surface area (TPSA) is 45.2 Å². The van der Waals surface area contributed by atoms with E-state index in [-0.39, 0.29) is 11.9 Å². The van der Waals surface area contributed by atoms with Gasteiger partial charge in [-0.25, -0.2) is 0 Å². The minimum absolute atomic E-state index is 0.00298. The van der Waals surface area contributed by atoms with Gasteiger partial charge in [0, 0.05) is 30.4 Å². The van der Waals surface area contributed by atoms with Gasteiger partial charge in [0.15, 0.2) is 0 Å². The molecule has 134 valence electrons. The summed E-state index contributed by atoms with van der Waals surface area (Å²) in [5, 5.41) is 5.45. The molecule has 0 saturated carbocycles. The number of nitrogens with zero attached hydrogens (tertiary/aromatic N) is 2. The minimum atomic E-state index is -0.0472. The fourth-order valence-corrected chi connectivity index (χ4v) is 3.65. The van der Waals surface area contributed by atoms with Gasteiger partial charge in [-0.2, -0.15) is 0 Å². The predicted molar refractivity (Wildman–Crippen MR) is 107 cm³/mol. The minimum Gasteiger partial charge on any atom is -0.380 e. The summed E-state index contributed by atoms with van der Waals surface area (Å²) in [6, 6.07) is 17.6. The normalized spacial score (nSPS) is 11.8. The zero-order valence-corrected chi connectivity index (χ0v) is 15.9. The van der Waals surface area contributed by atoms with Crippen LogP contribution in [0.4, 0.5) is 5.69 Å². The van der Waals surface area contributed by atoms with Crippen LogP contribution in [-0.4, -0.2) is 22.8 Å². The molecule has 2 heterocycles. The second kappa shape index (κ2) is 8.63. The summed E-state index contributed by atoms with van der Waals surface area (Å²) in [6.45, 7) is 2.78. The van der Waals surface area contributed by atoms with E-state index in [4.69, 9.17) is 0 Å². The molecule has 3 aromatic rings. The number of hydrogen-bond acceptors (Lipinski definition) is 4. The molecule has 0 fully saturated rings. The number of thiophene rings is 1. The number of hydrogen-bond donors (Lipinski definition) is 1. The third kappa shape index (κ3) is 4.11. The van der Waals surface area contributed by atoms with Gasteiger partial charge in [-0.1, -0.05) is 31.2 Å². The molecule has 1 amide bonds. The highest BCUT2D eigenvalue weighted by Crippen LogP contribution is 2.25. The van der Waals surface area contributed by atoms with Crippen LogP contribution in [0.5, 0.6) is 0 Å². The van der Waals surface area contributed by atoms with Crippen molar-refractivity contribution in [3.8, 4) is 0 Å². The first-order chi connectivity index (χ1) is 12.7. The third-order valence-electron chi connectivity index (χ3n) is 4.39. The van der Waals surface area contributed by atoms with E-state index >= 15 is 0 Å². The number of nitrogens with one attached hydrogen (secondary N) is 1. The Morgan fingerprint density at radius 1 is 1.15 bits per heavy atom. The van der Waals surface area contributed by atoms with Crippen LogP contribution >= 0.6 is 11.3 Å². The molecule has 0 radical (unpaired) electrons. The fourth-order valence-electron chi connectivity index (χ4n) is 3.01. The number of anilines is 1. The van der Waals surface area contributed by atoms with Gasteiger partial charge in [0.25, 0.3) is 5.91 Å². The summed E-state index contributed by atoms with van der Waals surface area (Å²) in [4.78, 5) is 20.6. The van der Waals surface area contributed by atoms with E-state index in [2.05, 4.69) is 28.7 Å². The van der Waals surface area contributed by atoms with Crippen LogP contribution in [0, 0.1) is 0 Å². The van der Waals surface area contributed by atoms with E-state index < -0.39 is 0 Å². The molecule has 0 spiro atoms. The summed E-state index contributed by atoms with van der Waals surface area (Å²) in [6.07, 6.45) is 2.58. The zero-order valence-electron chi connectivity index (χ0n) is 15.1. The highest BCUT2D eigenvalue weighted by atomic mass is 32.1. The maximum Gasteiger partial charge on any atom is 0.256 e. The Balaban J connectivity index is 1.80. The van der Waals surface area contributed by atoms with E-state index in [1.165, 1.54) is 4.88 Å². The summed E-state index contributed by atoms with van der Waals surface area (Å²) >= 11 is 1.70. The van der Waals surface area contributed by atoms with Crippen LogP contribution in [0.3, 0.4) is 0 Å². The molecule has 0 saturated heterocycles. The Morgan fingerprint density at radius 3 is 2.65 bits per heavy atom. The molecule has 1 N–H and O–H groups in total. The Kier molecular flexibility index (Phi) is 6.02. The van der Waals surface area contributed by atoms with Crippen molar-refractivity contribution in [2.45, 2.75) is 25.9 Å². The van der Waals surface area contributed by atoms with Crippen molar-refractivity contribution in [3.05, 3.63) is 82.3 Å². The molecule has 0 aliphatic carbocycles. The van der Waals surface area contributed by atoms with Gasteiger partial charge in [-0.05, 0) is 42.1 Å². The molecule has 0 aliphatic rings. The molecule has 1 aromatic carbocycles. The lowest BCUT2D eigenvalue weighted by Crippen LogP contribution is -2.32. The van der Waals surface area contributed by atoms with Gasteiger partial charge in [-0.15, -0.1) is 11.3 Å². The number of pyridine rings is 1. The lowest BCUT2D eigenvalue weighted by molar-refractivity contribution is 0.0723. The number of para-hydroxylation sites is 1. The van der Waals surface area contributed by atoms with Crippen LogP contribution in [0.1, 0.15) is 40.3 Å². The first-order valence-electron chi connectivity index (χ1n) is 8.74. The van der Waals surface area contributed by atoms with E-state index in [0.29, 0.717) is 12.1 Å². The number of carbonyl (C=O) groups is 1. The van der Waals surface area contributed by atoms with Crippen molar-refractivity contribution in [2.75, 3.05) is 12.4 Å². The van der Waals surface area contributed by atoms with Crippen molar-refractivity contribution >= 4 is 22.9 Å². The standard InChI is InChI=1S/C21H23N3OS/c1-3-20(19-12-6-7-13-22-19)24(2)21(25)17-10-4-5-11-18(17)23-15-16-9-8-14-26-16/h4-14,20,23H,3,15H2,1-2H3.